The second-order valence-corrected chi connectivity index (χ2v) is 4.40. The fraction of sp³-hybridized carbons (Fsp3) is 0.111. The van der Waals surface area contributed by atoms with Gasteiger partial charge in [0.15, 0.2) is 0 Å². The Morgan fingerprint density at radius 2 is 2.12 bits per heavy atom. The van der Waals surface area contributed by atoms with Crippen molar-refractivity contribution in [2.45, 2.75) is 6.18 Å². The van der Waals surface area contributed by atoms with E-state index in [0.717, 1.165) is 17.4 Å². The van der Waals surface area contributed by atoms with E-state index in [1.54, 1.807) is 10.4 Å². The van der Waals surface area contributed by atoms with Crippen molar-refractivity contribution in [3.63, 3.8) is 0 Å². The molecule has 8 heteroatoms. The van der Waals surface area contributed by atoms with Gasteiger partial charge in [-0.1, -0.05) is 11.6 Å². The van der Waals surface area contributed by atoms with Crippen LogP contribution in [0, 0.1) is 0 Å². The van der Waals surface area contributed by atoms with Gasteiger partial charge in [0.2, 0.25) is 5.82 Å². The van der Waals surface area contributed by atoms with Gasteiger partial charge in [0.05, 0.1) is 15.6 Å². The summed E-state index contributed by atoms with van der Waals surface area (Å²) in [7, 11) is 0. The molecule has 2 rings (SSSR count). The second kappa shape index (κ2) is 4.15. The molecule has 2 heterocycles. The Morgan fingerprint density at radius 1 is 1.41 bits per heavy atom. The first kappa shape index (κ1) is 12.1. The number of nitrogens with one attached hydrogen (secondary N) is 1. The highest BCUT2D eigenvalue weighted by Crippen LogP contribution is 2.33. The Hall–Kier alpha value is -1.34. The van der Waals surface area contributed by atoms with E-state index in [4.69, 9.17) is 11.6 Å². The molecule has 0 saturated heterocycles. The molecule has 90 valence electrons. The largest absolute Gasteiger partial charge is 0.449 e. The van der Waals surface area contributed by atoms with E-state index < -0.39 is 17.6 Å². The molecular weight excluding hydrogens is 277 g/mol. The number of rotatable bonds is 1. The van der Waals surface area contributed by atoms with Crippen molar-refractivity contribution in [2.24, 2.45) is 0 Å². The molecule has 2 aromatic heterocycles. The Bertz CT molecular complexity index is 605. The molecule has 0 radical (unpaired) electrons. The quantitative estimate of drug-likeness (QED) is 0.872. The molecule has 0 fully saturated rings. The standard InChI is InChI=1S/C9H4ClF3N2OS/c10-4-1-2-17-7(4)5-3-6(16)15-8(14-5)9(11,12)13/h1-3H,(H,14,15,16). The van der Waals surface area contributed by atoms with E-state index in [-0.39, 0.29) is 10.7 Å². The minimum atomic E-state index is -4.70. The smallest absolute Gasteiger partial charge is 0.303 e. The SMILES string of the molecule is O=c1cc(-c2sccc2Cl)nc(C(F)(F)F)[nH]1. The van der Waals surface area contributed by atoms with Crippen molar-refractivity contribution in [1.82, 2.24) is 9.97 Å². The molecule has 0 saturated carbocycles. The van der Waals surface area contributed by atoms with Crippen LogP contribution in [0.25, 0.3) is 10.6 Å². The molecule has 0 aliphatic heterocycles. The van der Waals surface area contributed by atoms with Gasteiger partial charge in [0, 0.05) is 6.07 Å². The molecular formula is C9H4ClF3N2OS. The van der Waals surface area contributed by atoms with E-state index in [1.807, 2.05) is 0 Å². The normalized spacial score (nSPS) is 11.8. The van der Waals surface area contributed by atoms with E-state index in [1.165, 1.54) is 6.07 Å². The van der Waals surface area contributed by atoms with Gasteiger partial charge < -0.3 is 4.98 Å². The molecule has 17 heavy (non-hydrogen) atoms. The zero-order chi connectivity index (χ0) is 12.6. The Balaban J connectivity index is 2.61. The summed E-state index contributed by atoms with van der Waals surface area (Å²) >= 11 is 6.89. The van der Waals surface area contributed by atoms with E-state index in [9.17, 15) is 18.0 Å². The van der Waals surface area contributed by atoms with Crippen LogP contribution in [-0.2, 0) is 6.18 Å². The van der Waals surface area contributed by atoms with Crippen molar-refractivity contribution >= 4 is 22.9 Å². The molecule has 2 aromatic rings. The van der Waals surface area contributed by atoms with Crippen LogP contribution >= 0.6 is 22.9 Å². The van der Waals surface area contributed by atoms with Crippen LogP contribution in [-0.4, -0.2) is 9.97 Å². The molecule has 0 spiro atoms. The highest BCUT2D eigenvalue weighted by molar-refractivity contribution is 7.14. The van der Waals surface area contributed by atoms with Crippen molar-refractivity contribution in [1.29, 1.82) is 0 Å². The number of hydrogen-bond donors (Lipinski definition) is 1. The predicted molar refractivity (Wildman–Crippen MR) is 58.2 cm³/mol. The maximum Gasteiger partial charge on any atom is 0.449 e. The summed E-state index contributed by atoms with van der Waals surface area (Å²) in [5.41, 5.74) is -0.951. The lowest BCUT2D eigenvalue weighted by Gasteiger charge is -2.06. The third-order valence-electron chi connectivity index (χ3n) is 1.86. The number of aromatic amines is 1. The van der Waals surface area contributed by atoms with Crippen LogP contribution < -0.4 is 5.56 Å². The maximum atomic E-state index is 12.4. The lowest BCUT2D eigenvalue weighted by atomic mass is 10.3. The maximum absolute atomic E-state index is 12.4. The molecule has 0 atom stereocenters. The summed E-state index contributed by atoms with van der Waals surface area (Å²) < 4.78 is 37.3. The van der Waals surface area contributed by atoms with Gasteiger partial charge in [-0.05, 0) is 11.4 Å². The van der Waals surface area contributed by atoms with E-state index >= 15 is 0 Å². The number of H-pyrrole nitrogens is 1. The van der Waals surface area contributed by atoms with Gasteiger partial charge >= 0.3 is 6.18 Å². The van der Waals surface area contributed by atoms with E-state index in [0.29, 0.717) is 4.88 Å². The van der Waals surface area contributed by atoms with Crippen LogP contribution in [0.4, 0.5) is 13.2 Å². The third-order valence-corrected chi connectivity index (χ3v) is 3.22. The number of aromatic nitrogens is 2. The van der Waals surface area contributed by atoms with Gasteiger partial charge in [-0.15, -0.1) is 11.3 Å². The second-order valence-electron chi connectivity index (χ2n) is 3.07. The Morgan fingerprint density at radius 3 is 2.65 bits per heavy atom. The topological polar surface area (TPSA) is 45.8 Å². The van der Waals surface area contributed by atoms with Crippen molar-refractivity contribution < 1.29 is 13.2 Å². The lowest BCUT2D eigenvalue weighted by molar-refractivity contribution is -0.145. The predicted octanol–water partition coefficient (Wildman–Crippen LogP) is 3.17. The van der Waals surface area contributed by atoms with Gasteiger partial charge in [-0.2, -0.15) is 13.2 Å². The first-order valence-corrected chi connectivity index (χ1v) is 5.55. The van der Waals surface area contributed by atoms with Gasteiger partial charge in [-0.3, -0.25) is 4.79 Å². The molecule has 0 unspecified atom stereocenters. The lowest BCUT2D eigenvalue weighted by Crippen LogP contribution is -2.18. The molecule has 3 nitrogen and oxygen atoms in total. The molecule has 0 aliphatic carbocycles. The summed E-state index contributed by atoms with van der Waals surface area (Å²) in [5, 5.41) is 1.87. The fourth-order valence-electron chi connectivity index (χ4n) is 1.18. The summed E-state index contributed by atoms with van der Waals surface area (Å²) in [6.07, 6.45) is -4.70. The van der Waals surface area contributed by atoms with Crippen LogP contribution in [0.3, 0.4) is 0 Å². The first-order valence-electron chi connectivity index (χ1n) is 4.30. The summed E-state index contributed by atoms with van der Waals surface area (Å²) in [5.74, 6) is -1.33. The molecule has 1 N–H and O–H groups in total. The van der Waals surface area contributed by atoms with Crippen molar-refractivity contribution in [3.05, 3.63) is 38.7 Å². The van der Waals surface area contributed by atoms with E-state index in [2.05, 4.69) is 4.98 Å². The number of thiophene rings is 1. The minimum Gasteiger partial charge on any atom is -0.303 e. The van der Waals surface area contributed by atoms with Crippen LogP contribution in [0.2, 0.25) is 5.02 Å². The highest BCUT2D eigenvalue weighted by atomic mass is 35.5. The molecule has 0 aromatic carbocycles. The molecule has 0 aliphatic rings. The minimum absolute atomic E-state index is 0.0823. The summed E-state index contributed by atoms with van der Waals surface area (Å²) in [6.45, 7) is 0. The van der Waals surface area contributed by atoms with Crippen LogP contribution in [0.1, 0.15) is 5.82 Å². The van der Waals surface area contributed by atoms with Crippen molar-refractivity contribution in [3.8, 4) is 10.6 Å². The zero-order valence-corrected chi connectivity index (χ0v) is 9.58. The summed E-state index contributed by atoms with van der Waals surface area (Å²) in [6, 6.07) is 2.50. The van der Waals surface area contributed by atoms with Crippen molar-refractivity contribution in [2.75, 3.05) is 0 Å². The number of hydrogen-bond acceptors (Lipinski definition) is 3. The average molecular weight is 281 g/mol. The van der Waals surface area contributed by atoms with Gasteiger partial charge in [-0.25, -0.2) is 4.98 Å². The first-order chi connectivity index (χ1) is 7.88. The third kappa shape index (κ3) is 2.50. The number of nitrogens with zero attached hydrogens (tertiary/aromatic N) is 1. The number of alkyl halides is 3. The summed E-state index contributed by atoms with van der Waals surface area (Å²) in [4.78, 5) is 16.5. The highest BCUT2D eigenvalue weighted by Gasteiger charge is 2.34. The molecule has 0 amide bonds. The average Bonchev–Trinajstić information content (AvgIpc) is 2.62. The van der Waals surface area contributed by atoms with Gasteiger partial charge in [0.25, 0.3) is 5.56 Å². The Labute approximate surface area is 102 Å². The zero-order valence-electron chi connectivity index (χ0n) is 8.01. The van der Waals surface area contributed by atoms with Crippen LogP contribution in [0.5, 0.6) is 0 Å². The monoisotopic (exact) mass is 280 g/mol. The fourth-order valence-corrected chi connectivity index (χ4v) is 2.30. The molecule has 0 bridgehead atoms. The van der Waals surface area contributed by atoms with Gasteiger partial charge in [0.1, 0.15) is 0 Å². The number of halogens is 4. The van der Waals surface area contributed by atoms with Crippen LogP contribution in [0.15, 0.2) is 22.3 Å². The Kier molecular flexibility index (Phi) is 2.96.